The van der Waals surface area contributed by atoms with E-state index >= 15 is 0 Å². The minimum Gasteiger partial charge on any atom is -0.465 e. The number of H-pyrrole nitrogens is 1. The molecule has 2 rings (SSSR count). The Hall–Kier alpha value is -2.35. The molecular formula is C12H9FN2O2. The number of nitriles is 1. The number of esters is 1. The van der Waals surface area contributed by atoms with Crippen molar-refractivity contribution in [1.82, 2.24) is 4.98 Å². The van der Waals surface area contributed by atoms with Crippen LogP contribution >= 0.6 is 0 Å². The van der Waals surface area contributed by atoms with Crippen molar-refractivity contribution >= 4 is 16.9 Å². The molecule has 1 N–H and O–H groups in total. The fourth-order valence-corrected chi connectivity index (χ4v) is 1.80. The summed E-state index contributed by atoms with van der Waals surface area (Å²) >= 11 is 0. The fourth-order valence-electron chi connectivity index (χ4n) is 1.80. The standard InChI is InChI=1S/C12H9FN2O2/c1-17-12(16)9-4-8(13)5-10-11(9)7(2-3-14)6-15-10/h4-6,15H,2H2,1H3. The summed E-state index contributed by atoms with van der Waals surface area (Å²) in [6.07, 6.45) is 1.75. The first kappa shape index (κ1) is 11.1. The minimum absolute atomic E-state index is 0.133. The van der Waals surface area contributed by atoms with Gasteiger partial charge in [-0.15, -0.1) is 0 Å². The van der Waals surface area contributed by atoms with Crippen LogP contribution in [0, 0.1) is 17.1 Å². The van der Waals surface area contributed by atoms with Gasteiger partial charge in [-0.2, -0.15) is 5.26 Å². The lowest BCUT2D eigenvalue weighted by molar-refractivity contribution is 0.0602. The maximum absolute atomic E-state index is 13.3. The highest BCUT2D eigenvalue weighted by atomic mass is 19.1. The van der Waals surface area contributed by atoms with Gasteiger partial charge in [0.2, 0.25) is 0 Å². The van der Waals surface area contributed by atoms with Gasteiger partial charge in [0, 0.05) is 17.1 Å². The summed E-state index contributed by atoms with van der Waals surface area (Å²) in [6.45, 7) is 0. The summed E-state index contributed by atoms with van der Waals surface area (Å²) in [5.74, 6) is -1.14. The van der Waals surface area contributed by atoms with Crippen molar-refractivity contribution < 1.29 is 13.9 Å². The Morgan fingerprint density at radius 2 is 2.35 bits per heavy atom. The van der Waals surface area contributed by atoms with Crippen LogP contribution in [0.25, 0.3) is 10.9 Å². The predicted molar refractivity (Wildman–Crippen MR) is 58.9 cm³/mol. The van der Waals surface area contributed by atoms with Crippen LogP contribution in [0.4, 0.5) is 4.39 Å². The average Bonchev–Trinajstić information content (AvgIpc) is 2.71. The molecule has 17 heavy (non-hydrogen) atoms. The first-order valence-electron chi connectivity index (χ1n) is 4.92. The number of ether oxygens (including phenoxy) is 1. The number of aromatic amines is 1. The van der Waals surface area contributed by atoms with E-state index in [-0.39, 0.29) is 12.0 Å². The number of nitrogens with zero attached hydrogens (tertiary/aromatic N) is 1. The van der Waals surface area contributed by atoms with Crippen LogP contribution in [0.3, 0.4) is 0 Å². The smallest absolute Gasteiger partial charge is 0.338 e. The maximum Gasteiger partial charge on any atom is 0.338 e. The number of benzene rings is 1. The van der Waals surface area contributed by atoms with E-state index in [1.807, 2.05) is 6.07 Å². The molecule has 0 aliphatic heterocycles. The Morgan fingerprint density at radius 3 is 3.00 bits per heavy atom. The molecule has 0 aliphatic rings. The molecule has 0 aliphatic carbocycles. The molecule has 4 nitrogen and oxygen atoms in total. The number of carbonyl (C=O) groups excluding carboxylic acids is 1. The quantitative estimate of drug-likeness (QED) is 0.807. The van der Waals surface area contributed by atoms with Crippen molar-refractivity contribution in [2.45, 2.75) is 6.42 Å². The Morgan fingerprint density at radius 1 is 1.59 bits per heavy atom. The SMILES string of the molecule is COC(=O)c1cc(F)cc2[nH]cc(CC#N)c12. The molecule has 0 unspecified atom stereocenters. The molecule has 0 saturated heterocycles. The van der Waals surface area contributed by atoms with E-state index in [0.29, 0.717) is 16.5 Å². The van der Waals surface area contributed by atoms with Crippen molar-refractivity contribution in [2.24, 2.45) is 0 Å². The molecule has 0 saturated carbocycles. The van der Waals surface area contributed by atoms with E-state index in [2.05, 4.69) is 9.72 Å². The monoisotopic (exact) mass is 232 g/mol. The summed E-state index contributed by atoms with van der Waals surface area (Å²) in [5.41, 5.74) is 1.27. The van der Waals surface area contributed by atoms with Crippen LogP contribution in [-0.4, -0.2) is 18.1 Å². The van der Waals surface area contributed by atoms with Crippen LogP contribution in [0.15, 0.2) is 18.3 Å². The Labute approximate surface area is 96.6 Å². The maximum atomic E-state index is 13.3. The summed E-state index contributed by atoms with van der Waals surface area (Å²) in [7, 11) is 1.23. The Kier molecular flexibility index (Phi) is 2.79. The average molecular weight is 232 g/mol. The van der Waals surface area contributed by atoms with Gasteiger partial charge >= 0.3 is 5.97 Å². The van der Waals surface area contributed by atoms with Crippen LogP contribution in [0.5, 0.6) is 0 Å². The highest BCUT2D eigenvalue weighted by molar-refractivity contribution is 6.05. The predicted octanol–water partition coefficient (Wildman–Crippen LogP) is 2.16. The number of carbonyl (C=O) groups is 1. The molecule has 5 heteroatoms. The minimum atomic E-state index is -0.617. The van der Waals surface area contributed by atoms with Crippen molar-refractivity contribution in [1.29, 1.82) is 5.26 Å². The number of methoxy groups -OCH3 is 1. The first-order valence-corrected chi connectivity index (χ1v) is 4.92. The number of halogens is 1. The fraction of sp³-hybridized carbons (Fsp3) is 0.167. The van der Waals surface area contributed by atoms with Gasteiger partial charge < -0.3 is 9.72 Å². The number of rotatable bonds is 2. The third-order valence-corrected chi connectivity index (χ3v) is 2.50. The number of aromatic nitrogens is 1. The third kappa shape index (κ3) is 1.85. The molecule has 1 aromatic heterocycles. The lowest BCUT2D eigenvalue weighted by atomic mass is 10.0. The van der Waals surface area contributed by atoms with E-state index in [9.17, 15) is 9.18 Å². The van der Waals surface area contributed by atoms with Gasteiger partial charge in [0.15, 0.2) is 0 Å². The Balaban J connectivity index is 2.75. The lowest BCUT2D eigenvalue weighted by Gasteiger charge is -2.03. The highest BCUT2D eigenvalue weighted by Gasteiger charge is 2.16. The molecule has 2 aromatic rings. The van der Waals surface area contributed by atoms with Gasteiger partial charge in [0.05, 0.1) is 25.2 Å². The van der Waals surface area contributed by atoms with Crippen molar-refractivity contribution in [3.63, 3.8) is 0 Å². The van der Waals surface area contributed by atoms with Crippen molar-refractivity contribution in [3.05, 3.63) is 35.3 Å². The van der Waals surface area contributed by atoms with Crippen molar-refractivity contribution in [2.75, 3.05) is 7.11 Å². The van der Waals surface area contributed by atoms with Gasteiger partial charge in [0.25, 0.3) is 0 Å². The molecule has 1 aromatic carbocycles. The number of fused-ring (bicyclic) bond motifs is 1. The molecule has 0 spiro atoms. The number of hydrogen-bond donors (Lipinski definition) is 1. The second-order valence-electron chi connectivity index (χ2n) is 3.52. The van der Waals surface area contributed by atoms with Crippen LogP contribution in [0.2, 0.25) is 0 Å². The summed E-state index contributed by atoms with van der Waals surface area (Å²) in [6, 6.07) is 4.39. The van der Waals surface area contributed by atoms with Crippen molar-refractivity contribution in [3.8, 4) is 6.07 Å². The zero-order valence-electron chi connectivity index (χ0n) is 9.08. The number of nitrogens with one attached hydrogen (secondary N) is 1. The molecule has 0 fully saturated rings. The van der Waals surface area contributed by atoms with E-state index in [0.717, 1.165) is 6.07 Å². The molecule has 0 radical (unpaired) electrons. The van der Waals surface area contributed by atoms with E-state index < -0.39 is 11.8 Å². The summed E-state index contributed by atoms with van der Waals surface area (Å²) < 4.78 is 17.9. The second-order valence-corrected chi connectivity index (χ2v) is 3.52. The zero-order chi connectivity index (χ0) is 12.4. The van der Waals surface area contributed by atoms with E-state index in [1.54, 1.807) is 6.20 Å². The summed E-state index contributed by atoms with van der Waals surface area (Å²) in [5, 5.41) is 9.23. The van der Waals surface area contributed by atoms with E-state index in [1.165, 1.54) is 13.2 Å². The van der Waals surface area contributed by atoms with Gasteiger partial charge in [0.1, 0.15) is 5.82 Å². The molecule has 0 bridgehead atoms. The Bertz CT molecular complexity index is 625. The number of hydrogen-bond acceptors (Lipinski definition) is 3. The molecule has 0 atom stereocenters. The van der Waals surface area contributed by atoms with Gasteiger partial charge in [-0.05, 0) is 17.7 Å². The normalized spacial score (nSPS) is 10.2. The highest BCUT2D eigenvalue weighted by Crippen LogP contribution is 2.25. The van der Waals surface area contributed by atoms with Gasteiger partial charge in [-0.25, -0.2) is 9.18 Å². The van der Waals surface area contributed by atoms with Gasteiger partial charge in [-0.3, -0.25) is 0 Å². The second kappa shape index (κ2) is 4.26. The van der Waals surface area contributed by atoms with Crippen LogP contribution in [0.1, 0.15) is 15.9 Å². The first-order chi connectivity index (χ1) is 8.17. The van der Waals surface area contributed by atoms with Crippen LogP contribution in [-0.2, 0) is 11.2 Å². The molecule has 1 heterocycles. The molecule has 0 amide bonds. The van der Waals surface area contributed by atoms with Crippen LogP contribution < -0.4 is 0 Å². The largest absolute Gasteiger partial charge is 0.465 e. The topological polar surface area (TPSA) is 65.9 Å². The molecule has 86 valence electrons. The van der Waals surface area contributed by atoms with E-state index in [4.69, 9.17) is 5.26 Å². The molecular weight excluding hydrogens is 223 g/mol. The van der Waals surface area contributed by atoms with Gasteiger partial charge in [-0.1, -0.05) is 0 Å². The zero-order valence-corrected chi connectivity index (χ0v) is 9.08. The summed E-state index contributed by atoms with van der Waals surface area (Å²) in [4.78, 5) is 14.4. The third-order valence-electron chi connectivity index (χ3n) is 2.50. The lowest BCUT2D eigenvalue weighted by Crippen LogP contribution is -2.03.